The molecule has 0 aromatic carbocycles. The molecule has 9 nitrogen and oxygen atoms in total. The first-order valence-corrected chi connectivity index (χ1v) is 5.43. The van der Waals surface area contributed by atoms with Crippen molar-refractivity contribution in [2.45, 2.75) is 13.0 Å². The van der Waals surface area contributed by atoms with Crippen molar-refractivity contribution in [2.24, 2.45) is 11.5 Å². The molecule has 114 valence electrons. The molecule has 11 heteroatoms. The third-order valence-electron chi connectivity index (χ3n) is 1.84. The van der Waals surface area contributed by atoms with E-state index in [1.54, 1.807) is 7.05 Å². The molecule has 0 bridgehead atoms. The fraction of sp³-hybridized carbons (Fsp3) is 0.400. The number of carbonyl (C=O) groups is 3. The number of carbonyl (C=O) groups excluding carboxylic acids is 3. The van der Waals surface area contributed by atoms with E-state index < -0.39 is 17.9 Å². The first-order valence-electron chi connectivity index (χ1n) is 5.43. The molecule has 2 radical (unpaired) electrons. The van der Waals surface area contributed by atoms with Gasteiger partial charge in [-0.2, -0.15) is 0 Å². The van der Waals surface area contributed by atoms with Crippen LogP contribution in [0.4, 0.5) is 0 Å². The Hall–Kier alpha value is -0.212. The zero-order valence-corrected chi connectivity index (χ0v) is 17.6. The van der Waals surface area contributed by atoms with Gasteiger partial charge in [-0.25, -0.2) is 13.1 Å². The van der Waals surface area contributed by atoms with E-state index in [1.165, 1.54) is 6.92 Å². The number of likely N-dealkylation sites (N-methyl/N-ethyl adjacent to an activating group) is 1. The molecule has 0 aromatic rings. The summed E-state index contributed by atoms with van der Waals surface area (Å²) in [6.45, 7) is 3.42. The van der Waals surface area contributed by atoms with E-state index in [2.05, 4.69) is 20.9 Å². The Kier molecular flexibility index (Phi) is 18.0. The fourth-order valence-electron chi connectivity index (χ4n) is 1.05. The van der Waals surface area contributed by atoms with E-state index in [1.807, 2.05) is 0 Å². The normalized spacial score (nSPS) is 9.81. The van der Waals surface area contributed by atoms with Gasteiger partial charge in [-0.15, -0.1) is 0 Å². The predicted molar refractivity (Wildman–Crippen MR) is 67.6 cm³/mol. The van der Waals surface area contributed by atoms with Gasteiger partial charge in [-0.05, 0) is 14.0 Å². The maximum absolute atomic E-state index is 11.7. The average molecular weight is 449 g/mol. The van der Waals surface area contributed by atoms with E-state index in [0.29, 0.717) is 0 Å². The van der Waals surface area contributed by atoms with E-state index in [4.69, 9.17) is 11.5 Å². The van der Waals surface area contributed by atoms with Gasteiger partial charge in [0, 0.05) is 71.2 Å². The van der Waals surface area contributed by atoms with Gasteiger partial charge in [0.05, 0.1) is 12.5 Å². The van der Waals surface area contributed by atoms with Crippen LogP contribution in [0.5, 0.6) is 0 Å². The van der Waals surface area contributed by atoms with Crippen LogP contribution in [0.25, 0.3) is 0 Å². The van der Waals surface area contributed by atoms with Crippen LogP contribution in [0.1, 0.15) is 6.92 Å². The summed E-state index contributed by atoms with van der Waals surface area (Å²) >= 11 is 0. The molecule has 0 fully saturated rings. The first kappa shape index (κ1) is 25.7. The number of ketones is 1. The number of hydrogen-bond donors (Lipinski definition) is 6. The molecule has 0 aliphatic rings. The molecule has 0 aromatic heterocycles. The molecule has 0 aliphatic heterocycles. The van der Waals surface area contributed by atoms with Crippen molar-refractivity contribution in [3.05, 3.63) is 13.1 Å². The van der Waals surface area contributed by atoms with Crippen molar-refractivity contribution in [1.82, 2.24) is 16.0 Å². The number of Topliss-reactive ketones (excluding diaryl/α,β-unsaturated/α-hetero) is 1. The molecule has 0 heterocycles. The van der Waals surface area contributed by atoms with Crippen LogP contribution in [-0.2, 0) is 79.8 Å². The zero-order chi connectivity index (χ0) is 14.8. The molecule has 21 heavy (non-hydrogen) atoms. The summed E-state index contributed by atoms with van der Waals surface area (Å²) < 4.78 is 0. The van der Waals surface area contributed by atoms with Gasteiger partial charge in [-0.3, -0.25) is 21.3 Å². The molecule has 1 atom stereocenters. The summed E-state index contributed by atoms with van der Waals surface area (Å²) in [5.74, 6) is -1.47. The minimum absolute atomic E-state index is 0. The summed E-state index contributed by atoms with van der Waals surface area (Å²) in [5, 5.41) is 7.19. The Morgan fingerprint density at radius 1 is 1.19 bits per heavy atom. The zero-order valence-electron chi connectivity index (χ0n) is 12.0. The molecule has 0 spiro atoms. The van der Waals surface area contributed by atoms with Crippen molar-refractivity contribution < 1.29 is 84.8 Å². The fourth-order valence-corrected chi connectivity index (χ4v) is 1.05. The maximum Gasteiger partial charge on any atom is 0.338 e. The van der Waals surface area contributed by atoms with Crippen LogP contribution in [0.2, 0.25) is 0 Å². The summed E-state index contributed by atoms with van der Waals surface area (Å²) in [7, 11) is 1.54. The summed E-state index contributed by atoms with van der Waals surface area (Å²) in [4.78, 5) is 36.3. The van der Waals surface area contributed by atoms with Crippen LogP contribution >= 0.6 is 0 Å². The second-order valence-corrected chi connectivity index (χ2v) is 3.59. The Bertz CT molecular complexity index is 374. The van der Waals surface area contributed by atoms with E-state index >= 15 is 0 Å². The molecule has 0 saturated carbocycles. The summed E-state index contributed by atoms with van der Waals surface area (Å²) in [5.41, 5.74) is 10.4. The van der Waals surface area contributed by atoms with Gasteiger partial charge in [0.1, 0.15) is 6.04 Å². The van der Waals surface area contributed by atoms with Gasteiger partial charge in [-0.1, -0.05) is 0 Å². The van der Waals surface area contributed by atoms with Gasteiger partial charge in [0.2, 0.25) is 5.91 Å². The molecular formula is C10H19N6O3Y2-. The Morgan fingerprint density at radius 3 is 2.19 bits per heavy atom. The van der Waals surface area contributed by atoms with E-state index in [-0.39, 0.29) is 83.7 Å². The van der Waals surface area contributed by atoms with Crippen LogP contribution < -0.4 is 32.4 Å². The third-order valence-corrected chi connectivity index (χ3v) is 1.84. The van der Waals surface area contributed by atoms with Crippen LogP contribution in [0, 0.1) is 13.1 Å². The van der Waals surface area contributed by atoms with Crippen molar-refractivity contribution in [3.63, 3.8) is 0 Å². The summed E-state index contributed by atoms with van der Waals surface area (Å²) in [6, 6.07) is -0.935. The number of nitrogens with two attached hydrogens (primary N) is 2. The third kappa shape index (κ3) is 14.5. The van der Waals surface area contributed by atoms with Crippen molar-refractivity contribution >= 4 is 23.6 Å². The molecular weight excluding hydrogens is 430 g/mol. The standard InChI is InChI=1S/C10H18N6O3.2Y/c1-6(17)3-14-9(19)7(4-15-10(11)12)16-8(18)5-13-2;;/h3,5,7,13H,4H2,1-2H3,(H,14,19)(H,16,18)(H4,11,12,15);;/q-2;;/p+1. The quantitative estimate of drug-likeness (QED) is 0.124. The van der Waals surface area contributed by atoms with Crippen LogP contribution in [-0.4, -0.2) is 43.2 Å². The SMILES string of the molecule is CN[CH-]C(=O)NC(C[NH+]=C(N)N)C(=O)N[CH-]C(C)=O.[Y].[Y]. The topological polar surface area (TPSA) is 153 Å². The van der Waals surface area contributed by atoms with E-state index in [9.17, 15) is 14.4 Å². The van der Waals surface area contributed by atoms with Crippen molar-refractivity contribution in [2.75, 3.05) is 13.6 Å². The average Bonchev–Trinajstić information content (AvgIpc) is 2.31. The van der Waals surface area contributed by atoms with Gasteiger partial charge >= 0.3 is 5.96 Å². The minimum Gasteiger partial charge on any atom is -0.481 e. The molecule has 8 N–H and O–H groups in total. The van der Waals surface area contributed by atoms with Gasteiger partial charge in [0.15, 0.2) is 0 Å². The second kappa shape index (κ2) is 14.7. The predicted octanol–water partition coefficient (Wildman–Crippen LogP) is -4.93. The molecule has 0 saturated heterocycles. The maximum atomic E-state index is 11.7. The number of hydrogen-bond acceptors (Lipinski definition) is 4. The number of nitrogens with one attached hydrogen (secondary N) is 4. The molecule has 1 unspecified atom stereocenters. The number of guanidine groups is 1. The molecule has 2 amide bonds. The second-order valence-electron chi connectivity index (χ2n) is 3.59. The van der Waals surface area contributed by atoms with Crippen molar-refractivity contribution in [1.29, 1.82) is 0 Å². The first-order chi connectivity index (χ1) is 8.86. The van der Waals surface area contributed by atoms with Gasteiger partial charge in [0.25, 0.3) is 0 Å². The minimum atomic E-state index is -0.935. The smallest absolute Gasteiger partial charge is 0.338 e. The largest absolute Gasteiger partial charge is 0.481 e. The number of amides is 2. The van der Waals surface area contributed by atoms with Crippen molar-refractivity contribution in [3.8, 4) is 0 Å². The molecule has 0 aliphatic carbocycles. The Balaban J connectivity index is -0.00000162. The number of rotatable bonds is 8. The van der Waals surface area contributed by atoms with E-state index in [0.717, 1.165) is 13.1 Å². The monoisotopic (exact) mass is 449 g/mol. The Morgan fingerprint density at radius 2 is 1.76 bits per heavy atom. The molecule has 0 rings (SSSR count). The summed E-state index contributed by atoms with van der Waals surface area (Å²) in [6.07, 6.45) is 0. The van der Waals surface area contributed by atoms with Gasteiger partial charge < -0.3 is 25.5 Å². The van der Waals surface area contributed by atoms with Crippen LogP contribution in [0.15, 0.2) is 0 Å². The Labute approximate surface area is 174 Å². The van der Waals surface area contributed by atoms with Crippen LogP contribution in [0.3, 0.4) is 0 Å².